The van der Waals surface area contributed by atoms with Gasteiger partial charge in [0, 0.05) is 23.0 Å². The fraction of sp³-hybridized carbons (Fsp3) is 0.353. The SMILES string of the molecule is C=Cc1ccc(C)cc1.CCc1ccc(C)cc1.Cc1c(F)c(F)c(F)c(F)c1F.Cc1cc(C)c(C)c(C)c1.Cc1cc(C)c(C)cc1C.Cc1ccc(C(C)C)cc1.Cc1ccc(C(C)O)cc1.Cc1ccc(C)c(C)c1.Cc1ccc(C)cc1.Cc1ccc(C23CC4CC(CC(C4)C2)C3)cc1.Cc1ccc(CBr)cc1.Cc1ccc(CC(C)C)cc1.Cc1ccc([N+](=O)[O-])cc1.Cc1ccc2c(c1)CC2. The van der Waals surface area contributed by atoms with Crippen molar-refractivity contribution in [3.63, 3.8) is 0 Å². The number of nitro groups is 1. The molecule has 1 N–H and O–H groups in total. The van der Waals surface area contributed by atoms with Gasteiger partial charge in [0.1, 0.15) is 0 Å². The minimum atomic E-state index is -2.13. The molecule has 1 unspecified atom stereocenters. The Hall–Kier alpha value is -11.7. The number of alkyl halides is 1. The van der Waals surface area contributed by atoms with E-state index in [1.54, 1.807) is 55.0 Å². The second-order valence-corrected chi connectivity index (χ2v) is 41.3. The van der Waals surface area contributed by atoms with Crippen LogP contribution >= 0.6 is 15.9 Å². The van der Waals surface area contributed by atoms with Crippen LogP contribution in [0.15, 0.2) is 286 Å². The monoisotopic (exact) mass is 2000 g/mol. The van der Waals surface area contributed by atoms with Crippen LogP contribution in [-0.2, 0) is 36.4 Å². The van der Waals surface area contributed by atoms with Gasteiger partial charge in [0.05, 0.1) is 11.0 Å². The van der Waals surface area contributed by atoms with E-state index in [1.807, 2.05) is 44.2 Å². The molecule has 0 radical (unpaired) electrons. The highest BCUT2D eigenvalue weighted by atomic mass is 79.9. The number of fused-ring (bicyclic) bond motifs is 1. The molecule has 10 heteroatoms. The first-order valence-electron chi connectivity index (χ1n) is 50.8. The number of aliphatic hydroxyl groups excluding tert-OH is 1. The molecule has 4 fully saturated rings. The molecule has 0 spiro atoms. The summed E-state index contributed by atoms with van der Waals surface area (Å²) in [6, 6.07) is 97.4. The first-order valence-corrected chi connectivity index (χ1v) is 51.9. The van der Waals surface area contributed by atoms with Gasteiger partial charge in [-0.1, -0.05) is 402 Å². The number of aliphatic hydroxyl groups is 1. The molecule has 19 rings (SSSR count). The van der Waals surface area contributed by atoms with Crippen LogP contribution in [0, 0.1) is 222 Å². The summed E-state index contributed by atoms with van der Waals surface area (Å²) >= 11 is 3.38. The molecule has 4 bridgehead atoms. The summed E-state index contributed by atoms with van der Waals surface area (Å²) in [5.41, 5.74) is 42.0. The van der Waals surface area contributed by atoms with Crippen molar-refractivity contribution in [1.82, 2.24) is 0 Å². The fourth-order valence-corrected chi connectivity index (χ4v) is 17.5. The topological polar surface area (TPSA) is 63.4 Å². The quantitative estimate of drug-likeness (QED) is 0.0391. The van der Waals surface area contributed by atoms with Gasteiger partial charge in [0.15, 0.2) is 23.3 Å². The maximum atomic E-state index is 12.4. The Bertz CT molecular complexity index is 5770. The van der Waals surface area contributed by atoms with Crippen molar-refractivity contribution in [3.8, 4) is 0 Å². The molecule has 4 nitrogen and oxygen atoms in total. The number of aryl methyl sites for hydroxylation is 24. The highest BCUT2D eigenvalue weighted by Gasteiger charge is 2.51. The molecule has 1 atom stereocenters. The lowest BCUT2D eigenvalue weighted by atomic mass is 9.48. The highest BCUT2D eigenvalue weighted by Crippen LogP contribution is 2.61. The highest BCUT2D eigenvalue weighted by molar-refractivity contribution is 9.08. The molecule has 0 aliphatic heterocycles. The summed E-state index contributed by atoms with van der Waals surface area (Å²) in [4.78, 5) is 9.71. The summed E-state index contributed by atoms with van der Waals surface area (Å²) in [7, 11) is 0. The van der Waals surface area contributed by atoms with Gasteiger partial charge < -0.3 is 5.11 Å². The lowest BCUT2D eigenvalue weighted by molar-refractivity contribution is -0.384. The molecular weight excluding hydrogens is 1830 g/mol. The van der Waals surface area contributed by atoms with Crippen LogP contribution in [0.3, 0.4) is 0 Å². The Kier molecular flexibility index (Phi) is 52.9. The molecule has 5 aliphatic rings. The molecule has 0 amide bonds. The molecule has 0 saturated heterocycles. The number of rotatable bonds is 9. The fourth-order valence-electron chi connectivity index (χ4n) is 17.2. The third-order valence-corrected chi connectivity index (χ3v) is 27.3. The van der Waals surface area contributed by atoms with E-state index in [4.69, 9.17) is 5.11 Å². The van der Waals surface area contributed by atoms with E-state index in [9.17, 15) is 32.1 Å². The van der Waals surface area contributed by atoms with Crippen LogP contribution < -0.4 is 0 Å². The van der Waals surface area contributed by atoms with Crippen molar-refractivity contribution in [1.29, 1.82) is 0 Å². The van der Waals surface area contributed by atoms with E-state index < -0.39 is 39.6 Å². The van der Waals surface area contributed by atoms with Crippen molar-refractivity contribution < 1.29 is 32.0 Å². The Labute approximate surface area is 868 Å². The number of non-ortho nitro benzene ring substituents is 1. The number of hydrogen-bond acceptors (Lipinski definition) is 3. The minimum absolute atomic E-state index is 0.144. The van der Waals surface area contributed by atoms with Gasteiger partial charge >= 0.3 is 0 Å². The second kappa shape index (κ2) is 62.1. The van der Waals surface area contributed by atoms with Crippen molar-refractivity contribution in [3.05, 3.63) is 503 Å². The molecule has 0 heterocycles. The summed E-state index contributed by atoms with van der Waals surface area (Å²) < 4.78 is 61.6. The molecule has 5 aliphatic carbocycles. The van der Waals surface area contributed by atoms with Crippen molar-refractivity contribution in [2.45, 2.75) is 288 Å². The van der Waals surface area contributed by atoms with Crippen molar-refractivity contribution >= 4 is 27.7 Å². The zero-order valence-corrected chi connectivity index (χ0v) is 93.1. The zero-order valence-electron chi connectivity index (χ0n) is 91.6. The van der Waals surface area contributed by atoms with E-state index in [0.717, 1.165) is 53.5 Å². The van der Waals surface area contributed by atoms with E-state index in [2.05, 4.69) is 426 Å². The van der Waals surface area contributed by atoms with Gasteiger partial charge in [-0.05, 0) is 366 Å². The van der Waals surface area contributed by atoms with Gasteiger partial charge in [-0.15, -0.1) is 0 Å². The summed E-state index contributed by atoms with van der Waals surface area (Å²) in [5.74, 6) is -4.93. The molecule has 14 aromatic rings. The Morgan fingerprint density at radius 1 is 0.350 bits per heavy atom. The molecule has 4 saturated carbocycles. The standard InChI is InChI=1S/C17H22.C11H16.3C10H14.C9H12O.C9H10.2C9H12.C9H10.C8H9Br.C8H10.C7H3F5.C7H7NO2/c1-12-2-4-16(5-3-12)17-9-13-6-14(10-17)8-15(7-13)11-17;1-9(2)8-11-6-4-10(3)5-7-11;1-7-5-9(3)10(4)6-8(7)2;1-7-5-8(2)10(4)9(3)6-7;1-8(2)10-6-4-9(3)5-7-10;1-7-3-5-9(6-4-7)8(2)10;1-7-2-3-8-4-5-9(8)6-7;1-7-4-5-8(2)9(3)6-7;2*1-3-9-6-4-8(2)5-7-9;1-7-2-4-8(6-9)5-3-7;1-7-3-5-8(2)6-4-7;1-2-3(8)5(10)7(12)6(11)4(2)9;1-6-2-4-7(5-3-6)8(9)10/h2-5,13-15H,6-11H2,1H3;4-7,9H,8H2,1-3H3;2*5-6H,1-4H3;4-8H,1-3H3;3-6,8,10H,1-2H3;2-3,6H,4-5H2,1H3;4-6H,1-3H3;4-7H,3H2,1-2H3;3-7H,1H2,2H3;2-5H,6H2,1H3;3-6H,1-2H3;1H3;2-5H,1H3. The van der Waals surface area contributed by atoms with E-state index >= 15 is 0 Å². The predicted molar refractivity (Wildman–Crippen MR) is 608 cm³/mol. The number of hydrogen-bond donors (Lipinski definition) is 1. The van der Waals surface area contributed by atoms with Gasteiger partial charge in [0.25, 0.3) is 5.69 Å². The minimum Gasteiger partial charge on any atom is -0.389 e. The number of nitrogens with zero attached hydrogens (tertiary/aromatic N) is 1. The molecule has 14 aromatic carbocycles. The number of nitro benzene ring substituents is 1. The average Bonchev–Trinajstić information content (AvgIpc) is 0.734. The van der Waals surface area contributed by atoms with E-state index in [0.29, 0.717) is 11.3 Å². The van der Waals surface area contributed by atoms with Gasteiger partial charge in [0.2, 0.25) is 5.82 Å². The van der Waals surface area contributed by atoms with Crippen LogP contribution in [0.25, 0.3) is 6.08 Å². The van der Waals surface area contributed by atoms with Crippen molar-refractivity contribution in [2.75, 3.05) is 0 Å². The maximum Gasteiger partial charge on any atom is 0.269 e. The molecule has 143 heavy (non-hydrogen) atoms. The van der Waals surface area contributed by atoms with Crippen LogP contribution in [0.1, 0.15) is 270 Å². The lowest BCUT2D eigenvalue weighted by Gasteiger charge is -2.57. The Morgan fingerprint density at radius 3 is 0.979 bits per heavy atom. The summed E-state index contributed by atoms with van der Waals surface area (Å²) in [6.07, 6.45) is 15.5. The lowest BCUT2D eigenvalue weighted by Crippen LogP contribution is -2.48. The first kappa shape index (κ1) is 122. The maximum absolute atomic E-state index is 12.4. The smallest absolute Gasteiger partial charge is 0.269 e. The first-order chi connectivity index (χ1) is 67.5. The van der Waals surface area contributed by atoms with Crippen molar-refractivity contribution in [2.24, 2.45) is 23.7 Å². The molecule has 0 aromatic heterocycles. The van der Waals surface area contributed by atoms with Gasteiger partial charge in [-0.3, -0.25) is 10.1 Å². The molecular formula is C133H165BrF5NO3. The van der Waals surface area contributed by atoms with Crippen LogP contribution in [0.4, 0.5) is 27.6 Å². The average molecular weight is 2000 g/mol. The summed E-state index contributed by atoms with van der Waals surface area (Å²) in [5, 5.41) is 20.2. The predicted octanol–water partition coefficient (Wildman–Crippen LogP) is 38.4. The van der Waals surface area contributed by atoms with Gasteiger partial charge in [-0.25, -0.2) is 22.0 Å². The second-order valence-electron chi connectivity index (χ2n) is 40.7. The third-order valence-electron chi connectivity index (χ3n) is 26.6. The van der Waals surface area contributed by atoms with Crippen LogP contribution in [0.2, 0.25) is 0 Å². The van der Waals surface area contributed by atoms with E-state index in [-0.39, 0.29) is 11.8 Å². The van der Waals surface area contributed by atoms with E-state index in [1.165, 1.54) is 195 Å². The summed E-state index contributed by atoms with van der Waals surface area (Å²) in [6.45, 7) is 64.0. The zero-order chi connectivity index (χ0) is 106. The molecule has 762 valence electrons. The largest absolute Gasteiger partial charge is 0.389 e. The Balaban J connectivity index is 0.000000272. The third kappa shape index (κ3) is 44.2. The van der Waals surface area contributed by atoms with Crippen LogP contribution in [-0.4, -0.2) is 10.0 Å². The Morgan fingerprint density at radius 2 is 0.657 bits per heavy atom. The number of benzene rings is 14. The van der Waals surface area contributed by atoms with Gasteiger partial charge in [-0.2, -0.15) is 0 Å². The normalized spacial score (nSPS) is 14.3. The van der Waals surface area contributed by atoms with Crippen LogP contribution in [0.5, 0.6) is 0 Å². The number of halogens is 6.